The highest BCUT2D eigenvalue weighted by Crippen LogP contribution is 2.34. The van der Waals surface area contributed by atoms with E-state index < -0.39 is 27.4 Å². The number of hydrogen-bond acceptors (Lipinski definition) is 7. The van der Waals surface area contributed by atoms with E-state index in [-0.39, 0.29) is 30.5 Å². The van der Waals surface area contributed by atoms with Crippen molar-refractivity contribution in [3.63, 3.8) is 0 Å². The molecule has 1 aromatic rings. The van der Waals surface area contributed by atoms with Crippen LogP contribution >= 0.6 is 0 Å². The summed E-state index contributed by atoms with van der Waals surface area (Å²) in [5.41, 5.74) is -0.406. The molecular formula is C20H28N2O7S. The lowest BCUT2D eigenvalue weighted by Crippen LogP contribution is -2.44. The Morgan fingerprint density at radius 2 is 1.77 bits per heavy atom. The van der Waals surface area contributed by atoms with E-state index >= 15 is 0 Å². The summed E-state index contributed by atoms with van der Waals surface area (Å²) < 4.78 is 43.3. The number of carbonyl (C=O) groups is 2. The van der Waals surface area contributed by atoms with E-state index in [1.165, 1.54) is 16.4 Å². The van der Waals surface area contributed by atoms with Gasteiger partial charge >= 0.3 is 5.97 Å². The number of esters is 1. The van der Waals surface area contributed by atoms with Crippen LogP contribution in [-0.2, 0) is 24.3 Å². The van der Waals surface area contributed by atoms with Gasteiger partial charge in [0, 0.05) is 24.7 Å². The molecule has 0 bridgehead atoms. The third kappa shape index (κ3) is 5.42. The van der Waals surface area contributed by atoms with Crippen LogP contribution < -0.4 is 14.8 Å². The van der Waals surface area contributed by atoms with Crippen molar-refractivity contribution in [1.82, 2.24) is 9.62 Å². The molecule has 0 spiro atoms. The predicted molar refractivity (Wildman–Crippen MR) is 108 cm³/mol. The van der Waals surface area contributed by atoms with Gasteiger partial charge in [-0.25, -0.2) is 8.42 Å². The minimum absolute atomic E-state index is 0.131. The van der Waals surface area contributed by atoms with Gasteiger partial charge in [-0.1, -0.05) is 0 Å². The zero-order valence-corrected chi connectivity index (χ0v) is 18.3. The Hall–Kier alpha value is -2.33. The molecule has 0 aliphatic carbocycles. The largest absolute Gasteiger partial charge is 0.486 e. The van der Waals surface area contributed by atoms with Crippen LogP contribution in [-0.4, -0.2) is 63.0 Å². The average molecular weight is 441 g/mol. The fourth-order valence-corrected chi connectivity index (χ4v) is 4.86. The van der Waals surface area contributed by atoms with Crippen molar-refractivity contribution in [3.8, 4) is 11.5 Å². The number of fused-ring (bicyclic) bond motifs is 1. The summed E-state index contributed by atoms with van der Waals surface area (Å²) in [7, 11) is -3.71. The number of benzene rings is 1. The Morgan fingerprint density at radius 1 is 1.13 bits per heavy atom. The molecule has 0 radical (unpaired) electrons. The average Bonchev–Trinajstić information content (AvgIpc) is 2.70. The molecule has 1 saturated heterocycles. The zero-order valence-electron chi connectivity index (χ0n) is 17.5. The van der Waals surface area contributed by atoms with Crippen LogP contribution in [0.15, 0.2) is 23.1 Å². The summed E-state index contributed by atoms with van der Waals surface area (Å²) in [4.78, 5) is 24.2. The van der Waals surface area contributed by atoms with Crippen molar-refractivity contribution in [2.24, 2.45) is 5.92 Å². The molecule has 1 amide bonds. The summed E-state index contributed by atoms with van der Waals surface area (Å²) in [6, 6.07) is 4.56. The van der Waals surface area contributed by atoms with Crippen molar-refractivity contribution in [2.75, 3.05) is 32.9 Å². The third-order valence-electron chi connectivity index (χ3n) is 4.80. The van der Waals surface area contributed by atoms with E-state index in [0.717, 1.165) is 0 Å². The highest BCUT2D eigenvalue weighted by Gasteiger charge is 2.33. The van der Waals surface area contributed by atoms with E-state index in [2.05, 4.69) is 5.32 Å². The van der Waals surface area contributed by atoms with Crippen molar-refractivity contribution in [2.45, 2.75) is 44.0 Å². The lowest BCUT2D eigenvalue weighted by Gasteiger charge is -2.30. The van der Waals surface area contributed by atoms with Gasteiger partial charge < -0.3 is 19.5 Å². The second kappa shape index (κ2) is 8.81. The maximum atomic E-state index is 13.0. The number of nitrogens with one attached hydrogen (secondary N) is 1. The monoisotopic (exact) mass is 440 g/mol. The standard InChI is InChI=1S/C20H28N2O7S/c1-20(2,3)21-18(23)13-29-19(24)14-6-8-22(9-7-14)30(25,26)15-4-5-16-17(12-15)28-11-10-27-16/h4-5,12,14H,6-11,13H2,1-3H3,(H,21,23). The van der Waals surface area contributed by atoms with Crippen LogP contribution in [0.1, 0.15) is 33.6 Å². The van der Waals surface area contributed by atoms with Crippen LogP contribution in [0.25, 0.3) is 0 Å². The van der Waals surface area contributed by atoms with E-state index in [0.29, 0.717) is 37.6 Å². The smallest absolute Gasteiger partial charge is 0.309 e. The molecule has 2 aliphatic heterocycles. The van der Waals surface area contributed by atoms with E-state index in [9.17, 15) is 18.0 Å². The Balaban J connectivity index is 1.54. The summed E-state index contributed by atoms with van der Waals surface area (Å²) in [5, 5.41) is 2.72. The molecule has 166 valence electrons. The molecule has 0 atom stereocenters. The van der Waals surface area contributed by atoms with Crippen LogP contribution in [0.5, 0.6) is 11.5 Å². The lowest BCUT2D eigenvalue weighted by atomic mass is 9.98. The highest BCUT2D eigenvalue weighted by molar-refractivity contribution is 7.89. The van der Waals surface area contributed by atoms with Gasteiger partial charge in [-0.2, -0.15) is 4.31 Å². The van der Waals surface area contributed by atoms with E-state index in [1.54, 1.807) is 6.07 Å². The Labute approximate surface area is 176 Å². The number of nitrogens with zero attached hydrogens (tertiary/aromatic N) is 1. The topological polar surface area (TPSA) is 111 Å². The molecule has 10 heteroatoms. The highest BCUT2D eigenvalue weighted by atomic mass is 32.2. The number of rotatable bonds is 5. The molecule has 2 heterocycles. The number of sulfonamides is 1. The van der Waals surface area contributed by atoms with Crippen molar-refractivity contribution in [1.29, 1.82) is 0 Å². The number of hydrogen-bond donors (Lipinski definition) is 1. The molecule has 1 aromatic carbocycles. The van der Waals surface area contributed by atoms with Crippen LogP contribution in [0, 0.1) is 5.92 Å². The molecule has 3 rings (SSSR count). The van der Waals surface area contributed by atoms with Gasteiger partial charge in [0.2, 0.25) is 10.0 Å². The maximum Gasteiger partial charge on any atom is 0.309 e. The minimum Gasteiger partial charge on any atom is -0.486 e. The van der Waals surface area contributed by atoms with E-state index in [4.69, 9.17) is 14.2 Å². The van der Waals surface area contributed by atoms with E-state index in [1.807, 2.05) is 20.8 Å². The normalized spacial score (nSPS) is 18.0. The van der Waals surface area contributed by atoms with Gasteiger partial charge in [0.25, 0.3) is 5.91 Å². The first-order valence-electron chi connectivity index (χ1n) is 9.94. The zero-order chi connectivity index (χ0) is 21.9. The first-order valence-corrected chi connectivity index (χ1v) is 11.4. The molecule has 2 aliphatic rings. The van der Waals surface area contributed by atoms with Gasteiger partial charge in [-0.3, -0.25) is 9.59 Å². The quantitative estimate of drug-likeness (QED) is 0.687. The Kier molecular flexibility index (Phi) is 6.56. The third-order valence-corrected chi connectivity index (χ3v) is 6.69. The fraction of sp³-hybridized carbons (Fsp3) is 0.600. The van der Waals surface area contributed by atoms with Crippen molar-refractivity contribution < 1.29 is 32.2 Å². The molecule has 0 unspecified atom stereocenters. The number of piperidine rings is 1. The molecule has 30 heavy (non-hydrogen) atoms. The van der Waals surface area contributed by atoms with Gasteiger partial charge in [0.15, 0.2) is 18.1 Å². The van der Waals surface area contributed by atoms with Crippen molar-refractivity contribution in [3.05, 3.63) is 18.2 Å². The molecular weight excluding hydrogens is 412 g/mol. The van der Waals surface area contributed by atoms with Crippen molar-refractivity contribution >= 4 is 21.9 Å². The van der Waals surface area contributed by atoms with Crippen LogP contribution in [0.2, 0.25) is 0 Å². The summed E-state index contributed by atoms with van der Waals surface area (Å²) in [5.74, 6) is -0.337. The molecule has 1 N–H and O–H groups in total. The first-order chi connectivity index (χ1) is 14.1. The molecule has 0 aromatic heterocycles. The molecule has 0 saturated carbocycles. The Bertz CT molecular complexity index is 900. The van der Waals surface area contributed by atoms with Crippen LogP contribution in [0.4, 0.5) is 0 Å². The SMILES string of the molecule is CC(C)(C)NC(=O)COC(=O)C1CCN(S(=O)(=O)c2ccc3c(c2)OCCO3)CC1. The minimum atomic E-state index is -3.71. The first kappa shape index (κ1) is 22.4. The fourth-order valence-electron chi connectivity index (χ4n) is 3.37. The van der Waals surface area contributed by atoms with Gasteiger partial charge in [-0.05, 0) is 45.7 Å². The Morgan fingerprint density at radius 3 is 2.40 bits per heavy atom. The molecule has 9 nitrogen and oxygen atoms in total. The van der Waals surface area contributed by atoms with Gasteiger partial charge in [0.05, 0.1) is 10.8 Å². The summed E-state index contributed by atoms with van der Waals surface area (Å²) >= 11 is 0. The number of ether oxygens (including phenoxy) is 3. The molecule has 1 fully saturated rings. The maximum absolute atomic E-state index is 13.0. The van der Waals surface area contributed by atoms with Gasteiger partial charge in [-0.15, -0.1) is 0 Å². The predicted octanol–water partition coefficient (Wildman–Crippen LogP) is 1.32. The number of amides is 1. The lowest BCUT2D eigenvalue weighted by molar-refractivity contribution is -0.154. The summed E-state index contributed by atoms with van der Waals surface area (Å²) in [6.07, 6.45) is 0.674. The second-order valence-electron chi connectivity index (χ2n) is 8.39. The van der Waals surface area contributed by atoms with Gasteiger partial charge in [0.1, 0.15) is 13.2 Å². The summed E-state index contributed by atoms with van der Waals surface area (Å²) in [6.45, 7) is 6.37. The number of carbonyl (C=O) groups excluding carboxylic acids is 2. The van der Waals surface area contributed by atoms with Crippen LogP contribution in [0.3, 0.4) is 0 Å². The second-order valence-corrected chi connectivity index (χ2v) is 10.3.